The fourth-order valence-corrected chi connectivity index (χ4v) is 2.38. The van der Waals surface area contributed by atoms with Crippen molar-refractivity contribution in [1.29, 1.82) is 0 Å². The van der Waals surface area contributed by atoms with E-state index >= 15 is 0 Å². The predicted molar refractivity (Wildman–Crippen MR) is 91.0 cm³/mol. The van der Waals surface area contributed by atoms with E-state index in [2.05, 4.69) is 15.4 Å². The summed E-state index contributed by atoms with van der Waals surface area (Å²) in [6.07, 6.45) is 2.28. The maximum atomic E-state index is 12.6. The summed E-state index contributed by atoms with van der Waals surface area (Å²) >= 11 is 0. The van der Waals surface area contributed by atoms with E-state index in [1.807, 2.05) is 0 Å². The van der Waals surface area contributed by atoms with Gasteiger partial charge in [-0.2, -0.15) is 5.10 Å². The van der Waals surface area contributed by atoms with Crippen LogP contribution in [0.4, 0.5) is 5.69 Å². The molecule has 1 unspecified atom stereocenters. The zero-order chi connectivity index (χ0) is 19.5. The molecular weight excluding hydrogens is 342 g/mol. The number of nitrogens with one attached hydrogen (secondary N) is 1. The van der Waals surface area contributed by atoms with Crippen LogP contribution in [0.25, 0.3) is 5.69 Å². The zero-order valence-corrected chi connectivity index (χ0v) is 14.5. The Morgan fingerprint density at radius 1 is 1.42 bits per heavy atom. The molecule has 0 spiro atoms. The zero-order valence-electron chi connectivity index (χ0n) is 14.5. The van der Waals surface area contributed by atoms with Gasteiger partial charge >= 0.3 is 5.97 Å². The smallest absolute Gasteiger partial charge is 0.305 e. The van der Waals surface area contributed by atoms with Gasteiger partial charge in [-0.3, -0.25) is 19.7 Å². The van der Waals surface area contributed by atoms with Crippen LogP contribution in [0.2, 0.25) is 0 Å². The van der Waals surface area contributed by atoms with Crippen molar-refractivity contribution in [2.45, 2.75) is 32.7 Å². The molecule has 2 N–H and O–H groups in total. The molecule has 1 aromatic carbocycles. The first-order chi connectivity index (χ1) is 12.1. The molecule has 0 aliphatic rings. The number of aromatic nitrogens is 3. The molecule has 1 heterocycles. The van der Waals surface area contributed by atoms with E-state index in [4.69, 9.17) is 5.11 Å². The van der Waals surface area contributed by atoms with Crippen LogP contribution in [0, 0.1) is 16.0 Å². The Balaban J connectivity index is 2.36. The quantitative estimate of drug-likeness (QED) is 0.566. The molecule has 10 nitrogen and oxygen atoms in total. The number of rotatable bonds is 7. The molecule has 1 atom stereocenters. The largest absolute Gasteiger partial charge is 0.481 e. The van der Waals surface area contributed by atoms with Gasteiger partial charge in [0.15, 0.2) is 0 Å². The highest BCUT2D eigenvalue weighted by Gasteiger charge is 2.33. The van der Waals surface area contributed by atoms with Gasteiger partial charge in [-0.15, -0.1) is 0 Å². The SMILES string of the molecule is CC(C)C(C)(CC(=O)O)NC(=O)c1ccc(-n2cncn2)c([N+](=O)[O-])c1. The number of carboxylic acids is 1. The van der Waals surface area contributed by atoms with Crippen molar-refractivity contribution in [3.63, 3.8) is 0 Å². The van der Waals surface area contributed by atoms with Crippen LogP contribution in [0.15, 0.2) is 30.9 Å². The Morgan fingerprint density at radius 3 is 2.62 bits per heavy atom. The van der Waals surface area contributed by atoms with Gasteiger partial charge in [0.05, 0.1) is 16.9 Å². The minimum atomic E-state index is -1.05. The van der Waals surface area contributed by atoms with Crippen LogP contribution in [-0.2, 0) is 4.79 Å². The highest BCUT2D eigenvalue weighted by Crippen LogP contribution is 2.25. The molecule has 1 aromatic heterocycles. The number of benzene rings is 1. The molecule has 0 fully saturated rings. The molecule has 1 amide bonds. The number of carboxylic acid groups (broad SMARTS) is 1. The third kappa shape index (κ3) is 4.02. The van der Waals surface area contributed by atoms with Gasteiger partial charge in [0.2, 0.25) is 0 Å². The van der Waals surface area contributed by atoms with E-state index in [0.29, 0.717) is 0 Å². The summed E-state index contributed by atoms with van der Waals surface area (Å²) < 4.78 is 1.22. The number of nitro groups is 1. The third-order valence-electron chi connectivity index (χ3n) is 4.29. The lowest BCUT2D eigenvalue weighted by molar-refractivity contribution is -0.384. The lowest BCUT2D eigenvalue weighted by Gasteiger charge is -2.33. The van der Waals surface area contributed by atoms with Crippen molar-refractivity contribution in [3.8, 4) is 5.69 Å². The third-order valence-corrected chi connectivity index (χ3v) is 4.29. The van der Waals surface area contributed by atoms with Crippen molar-refractivity contribution in [3.05, 3.63) is 46.5 Å². The molecule has 0 aliphatic heterocycles. The summed E-state index contributed by atoms with van der Waals surface area (Å²) in [5.41, 5.74) is -1.09. The summed E-state index contributed by atoms with van der Waals surface area (Å²) in [5.74, 6) is -1.79. The molecule has 0 saturated carbocycles. The second-order valence-electron chi connectivity index (χ2n) is 6.40. The van der Waals surface area contributed by atoms with E-state index in [9.17, 15) is 19.7 Å². The highest BCUT2D eigenvalue weighted by atomic mass is 16.6. The molecular formula is C16H19N5O5. The van der Waals surface area contributed by atoms with Crippen LogP contribution in [-0.4, -0.2) is 42.2 Å². The lowest BCUT2D eigenvalue weighted by Crippen LogP contribution is -2.51. The van der Waals surface area contributed by atoms with Crippen molar-refractivity contribution >= 4 is 17.6 Å². The van der Waals surface area contributed by atoms with Crippen molar-refractivity contribution < 1.29 is 19.6 Å². The van der Waals surface area contributed by atoms with Gasteiger partial charge in [-0.1, -0.05) is 13.8 Å². The van der Waals surface area contributed by atoms with Crippen LogP contribution in [0.3, 0.4) is 0 Å². The number of nitrogens with zero attached hydrogens (tertiary/aromatic N) is 4. The predicted octanol–water partition coefficient (Wildman–Crippen LogP) is 1.79. The maximum absolute atomic E-state index is 12.6. The first kappa shape index (κ1) is 19.0. The van der Waals surface area contributed by atoms with E-state index in [-0.39, 0.29) is 29.3 Å². The molecule has 26 heavy (non-hydrogen) atoms. The second kappa shape index (κ2) is 7.30. The van der Waals surface area contributed by atoms with Crippen molar-refractivity contribution in [1.82, 2.24) is 20.1 Å². The number of nitro benzene ring substituents is 1. The number of carbonyl (C=O) groups excluding carboxylic acids is 1. The van der Waals surface area contributed by atoms with Crippen LogP contribution in [0.5, 0.6) is 0 Å². The summed E-state index contributed by atoms with van der Waals surface area (Å²) in [6.45, 7) is 5.21. The molecule has 2 rings (SSSR count). The molecule has 2 aromatic rings. The molecule has 138 valence electrons. The fraction of sp³-hybridized carbons (Fsp3) is 0.375. The van der Waals surface area contributed by atoms with Gasteiger partial charge < -0.3 is 10.4 Å². The number of amides is 1. The first-order valence-electron chi connectivity index (χ1n) is 7.82. The van der Waals surface area contributed by atoms with Crippen molar-refractivity contribution in [2.24, 2.45) is 5.92 Å². The Bertz CT molecular complexity index is 834. The lowest BCUT2D eigenvalue weighted by atomic mass is 9.85. The number of hydrogen-bond donors (Lipinski definition) is 2. The molecule has 0 saturated heterocycles. The van der Waals surface area contributed by atoms with E-state index in [0.717, 1.165) is 6.07 Å². The van der Waals surface area contributed by atoms with E-state index in [1.165, 1.54) is 29.5 Å². The van der Waals surface area contributed by atoms with Gasteiger partial charge in [-0.05, 0) is 25.0 Å². The minimum Gasteiger partial charge on any atom is -0.481 e. The Hall–Kier alpha value is -3.30. The topological polar surface area (TPSA) is 140 Å². The number of carbonyl (C=O) groups is 2. The average molecular weight is 361 g/mol. The Kier molecular flexibility index (Phi) is 5.34. The number of hydrogen-bond acceptors (Lipinski definition) is 6. The summed E-state index contributed by atoms with van der Waals surface area (Å²) in [7, 11) is 0. The van der Waals surface area contributed by atoms with Crippen LogP contribution < -0.4 is 5.32 Å². The van der Waals surface area contributed by atoms with Gasteiger partial charge in [0, 0.05) is 11.6 Å². The molecule has 0 aliphatic carbocycles. The Morgan fingerprint density at radius 2 is 2.12 bits per heavy atom. The second-order valence-corrected chi connectivity index (χ2v) is 6.40. The van der Waals surface area contributed by atoms with Crippen LogP contribution >= 0.6 is 0 Å². The standard InChI is InChI=1S/C16H19N5O5/c1-10(2)16(3,7-14(22)23)19-15(24)11-4-5-12(13(6-11)21(25)26)20-9-17-8-18-20/h4-6,8-10H,7H2,1-3H3,(H,19,24)(H,22,23). The highest BCUT2D eigenvalue weighted by molar-refractivity contribution is 5.96. The van der Waals surface area contributed by atoms with E-state index in [1.54, 1.807) is 20.8 Å². The summed E-state index contributed by atoms with van der Waals surface area (Å²) in [5, 5.41) is 27.0. The monoisotopic (exact) mass is 361 g/mol. The van der Waals surface area contributed by atoms with Gasteiger partial charge in [-0.25, -0.2) is 9.67 Å². The van der Waals surface area contributed by atoms with Gasteiger partial charge in [0.1, 0.15) is 18.3 Å². The first-order valence-corrected chi connectivity index (χ1v) is 7.82. The minimum absolute atomic E-state index is 0.0535. The fourth-order valence-electron chi connectivity index (χ4n) is 2.38. The summed E-state index contributed by atoms with van der Waals surface area (Å²) in [6, 6.07) is 3.94. The molecule has 0 bridgehead atoms. The van der Waals surface area contributed by atoms with Gasteiger partial charge in [0.25, 0.3) is 11.6 Å². The molecule has 10 heteroatoms. The van der Waals surface area contributed by atoms with E-state index < -0.39 is 22.3 Å². The Labute approximate surface area is 149 Å². The number of aliphatic carboxylic acids is 1. The summed E-state index contributed by atoms with van der Waals surface area (Å²) in [4.78, 5) is 38.2. The average Bonchev–Trinajstić information content (AvgIpc) is 3.07. The van der Waals surface area contributed by atoms with Crippen LogP contribution in [0.1, 0.15) is 37.6 Å². The molecule has 0 radical (unpaired) electrons. The maximum Gasteiger partial charge on any atom is 0.305 e. The van der Waals surface area contributed by atoms with Crippen molar-refractivity contribution in [2.75, 3.05) is 0 Å². The normalized spacial score (nSPS) is 13.2.